The summed E-state index contributed by atoms with van der Waals surface area (Å²) in [6.45, 7) is 0. The largest absolute Gasteiger partial charge is 0.247 e. The van der Waals surface area contributed by atoms with E-state index in [9.17, 15) is 8.60 Å². The van der Waals surface area contributed by atoms with E-state index in [4.69, 9.17) is 0 Å². The van der Waals surface area contributed by atoms with Gasteiger partial charge < -0.3 is 0 Å². The number of benzene rings is 2. The van der Waals surface area contributed by atoms with Gasteiger partial charge in [-0.25, -0.2) is 18.6 Å². The standard InChI is InChI=1S/C18H11FN2OS/c19-13-9-7-12(8-10-13)17-14-4-1-2-6-16(14)23(22)18-15(21-17)5-3-11-20-18/h1-11H. The molecule has 0 radical (unpaired) electrons. The molecular weight excluding hydrogens is 311 g/mol. The van der Waals surface area contributed by atoms with Crippen LogP contribution in [-0.2, 0) is 10.8 Å². The zero-order valence-corrected chi connectivity index (χ0v) is 12.8. The minimum Gasteiger partial charge on any atom is -0.247 e. The lowest BCUT2D eigenvalue weighted by Gasteiger charge is -2.08. The van der Waals surface area contributed by atoms with Crippen molar-refractivity contribution in [3.05, 3.63) is 83.8 Å². The number of pyridine rings is 1. The van der Waals surface area contributed by atoms with Crippen molar-refractivity contribution in [1.82, 2.24) is 4.98 Å². The minimum absolute atomic E-state index is 0.304. The SMILES string of the molecule is O=S1c2ccccc2C(c2ccc(F)cc2)=Nc2cccnc21. The van der Waals surface area contributed by atoms with Crippen LogP contribution in [0.1, 0.15) is 11.1 Å². The first kappa shape index (κ1) is 14.0. The predicted molar refractivity (Wildman–Crippen MR) is 87.1 cm³/mol. The molecule has 0 bridgehead atoms. The minimum atomic E-state index is -1.41. The maximum absolute atomic E-state index is 13.2. The summed E-state index contributed by atoms with van der Waals surface area (Å²) in [4.78, 5) is 9.56. The van der Waals surface area contributed by atoms with Crippen LogP contribution in [0.4, 0.5) is 10.1 Å². The van der Waals surface area contributed by atoms with Gasteiger partial charge in [-0.1, -0.05) is 18.2 Å². The second-order valence-corrected chi connectivity index (χ2v) is 6.42. The van der Waals surface area contributed by atoms with Gasteiger partial charge in [0.15, 0.2) is 5.03 Å². The average molecular weight is 322 g/mol. The molecule has 4 rings (SSSR count). The molecule has 23 heavy (non-hydrogen) atoms. The van der Waals surface area contributed by atoms with Crippen LogP contribution in [-0.4, -0.2) is 14.9 Å². The third kappa shape index (κ3) is 2.39. The molecule has 0 spiro atoms. The van der Waals surface area contributed by atoms with Crippen molar-refractivity contribution in [2.45, 2.75) is 9.92 Å². The van der Waals surface area contributed by atoms with E-state index in [2.05, 4.69) is 9.98 Å². The van der Waals surface area contributed by atoms with Crippen molar-refractivity contribution in [1.29, 1.82) is 0 Å². The quantitative estimate of drug-likeness (QED) is 0.534. The molecule has 0 fully saturated rings. The molecule has 5 heteroatoms. The van der Waals surface area contributed by atoms with Crippen molar-refractivity contribution in [2.75, 3.05) is 0 Å². The number of aliphatic imine (C=N–C) groups is 1. The van der Waals surface area contributed by atoms with E-state index in [1.54, 1.807) is 30.5 Å². The van der Waals surface area contributed by atoms with Gasteiger partial charge in [-0.3, -0.25) is 0 Å². The Morgan fingerprint density at radius 1 is 0.913 bits per heavy atom. The summed E-state index contributed by atoms with van der Waals surface area (Å²) in [5, 5.41) is 0.442. The first-order chi connectivity index (χ1) is 11.2. The molecule has 112 valence electrons. The molecule has 3 aromatic rings. The molecule has 2 aromatic carbocycles. The average Bonchev–Trinajstić information content (AvgIpc) is 2.72. The van der Waals surface area contributed by atoms with Crippen LogP contribution >= 0.6 is 0 Å². The van der Waals surface area contributed by atoms with Crippen LogP contribution in [0.3, 0.4) is 0 Å². The zero-order chi connectivity index (χ0) is 15.8. The van der Waals surface area contributed by atoms with E-state index >= 15 is 0 Å². The number of halogens is 1. The van der Waals surface area contributed by atoms with Crippen LogP contribution in [0.2, 0.25) is 0 Å². The zero-order valence-electron chi connectivity index (χ0n) is 11.9. The summed E-state index contributed by atoms with van der Waals surface area (Å²) >= 11 is 0. The molecule has 1 aliphatic rings. The number of hydrogen-bond donors (Lipinski definition) is 0. The molecule has 0 saturated carbocycles. The van der Waals surface area contributed by atoms with Crippen LogP contribution in [0.5, 0.6) is 0 Å². The lowest BCUT2D eigenvalue weighted by molar-refractivity contribution is 0.628. The van der Waals surface area contributed by atoms with Crippen LogP contribution in [0.15, 0.2) is 81.8 Å². The van der Waals surface area contributed by atoms with Gasteiger partial charge >= 0.3 is 0 Å². The van der Waals surface area contributed by atoms with Crippen LogP contribution in [0.25, 0.3) is 0 Å². The summed E-state index contributed by atoms with van der Waals surface area (Å²) in [7, 11) is -1.41. The molecule has 0 N–H and O–H groups in total. The molecule has 0 saturated heterocycles. The molecule has 1 aliphatic heterocycles. The Morgan fingerprint density at radius 2 is 1.70 bits per heavy atom. The summed E-state index contributed by atoms with van der Waals surface area (Å²) < 4.78 is 26.1. The number of fused-ring (bicyclic) bond motifs is 2. The molecule has 1 atom stereocenters. The van der Waals surface area contributed by atoms with Crippen molar-refractivity contribution in [3.63, 3.8) is 0 Å². The molecule has 2 heterocycles. The van der Waals surface area contributed by atoms with E-state index in [1.165, 1.54) is 12.1 Å². The van der Waals surface area contributed by atoms with Gasteiger partial charge in [-0.2, -0.15) is 0 Å². The molecule has 0 amide bonds. The Bertz CT molecular complexity index is 951. The highest BCUT2D eigenvalue weighted by molar-refractivity contribution is 7.85. The van der Waals surface area contributed by atoms with E-state index in [1.807, 2.05) is 24.3 Å². The smallest absolute Gasteiger partial charge is 0.157 e. The fraction of sp³-hybridized carbons (Fsp3) is 0. The third-order valence-corrected chi connectivity index (χ3v) is 5.04. The lowest BCUT2D eigenvalue weighted by atomic mass is 10.0. The van der Waals surface area contributed by atoms with Crippen molar-refractivity contribution < 1.29 is 8.60 Å². The summed E-state index contributed by atoms with van der Waals surface area (Å²) in [5.74, 6) is -0.304. The van der Waals surface area contributed by atoms with Gasteiger partial charge in [0.05, 0.1) is 16.3 Å². The van der Waals surface area contributed by atoms with Gasteiger partial charge in [0, 0.05) is 17.3 Å². The van der Waals surface area contributed by atoms with Crippen LogP contribution in [0, 0.1) is 5.82 Å². The molecule has 1 unspecified atom stereocenters. The highest BCUT2D eigenvalue weighted by atomic mass is 32.2. The number of aromatic nitrogens is 1. The lowest BCUT2D eigenvalue weighted by Crippen LogP contribution is -2.06. The molecule has 3 nitrogen and oxygen atoms in total. The van der Waals surface area contributed by atoms with Gasteiger partial charge in [0.2, 0.25) is 0 Å². The Labute approximate surface area is 135 Å². The normalized spacial score (nSPS) is 16.0. The molecular formula is C18H11FN2OS. The van der Waals surface area contributed by atoms with Gasteiger partial charge in [-0.15, -0.1) is 0 Å². The topological polar surface area (TPSA) is 42.3 Å². The van der Waals surface area contributed by atoms with Crippen molar-refractivity contribution in [2.24, 2.45) is 4.99 Å². The first-order valence-corrected chi connectivity index (χ1v) is 8.20. The Kier molecular flexibility index (Phi) is 3.35. The third-order valence-electron chi connectivity index (χ3n) is 3.62. The number of rotatable bonds is 1. The van der Waals surface area contributed by atoms with Gasteiger partial charge in [-0.05, 0) is 42.5 Å². The number of hydrogen-bond acceptors (Lipinski definition) is 3. The maximum atomic E-state index is 13.2. The fourth-order valence-corrected chi connectivity index (χ4v) is 3.78. The van der Waals surface area contributed by atoms with Crippen LogP contribution < -0.4 is 0 Å². The highest BCUT2D eigenvalue weighted by Gasteiger charge is 2.23. The van der Waals surface area contributed by atoms with E-state index in [-0.39, 0.29) is 5.82 Å². The van der Waals surface area contributed by atoms with E-state index in [0.717, 1.165) is 11.1 Å². The summed E-state index contributed by atoms with van der Waals surface area (Å²) in [6.07, 6.45) is 1.61. The Morgan fingerprint density at radius 3 is 2.52 bits per heavy atom. The van der Waals surface area contributed by atoms with Crippen molar-refractivity contribution >= 4 is 22.2 Å². The first-order valence-electron chi connectivity index (χ1n) is 7.05. The Hall–Kier alpha value is -2.66. The van der Waals surface area contributed by atoms with Gasteiger partial charge in [0.25, 0.3) is 0 Å². The predicted octanol–water partition coefficient (Wildman–Crippen LogP) is 3.87. The second kappa shape index (κ2) is 5.52. The molecule has 1 aromatic heterocycles. The maximum Gasteiger partial charge on any atom is 0.157 e. The summed E-state index contributed by atoms with van der Waals surface area (Å²) in [6, 6.07) is 17.1. The second-order valence-electron chi connectivity index (χ2n) is 5.06. The fourth-order valence-electron chi connectivity index (χ4n) is 2.55. The van der Waals surface area contributed by atoms with Gasteiger partial charge in [0.1, 0.15) is 16.6 Å². The summed E-state index contributed by atoms with van der Waals surface area (Å²) in [5.41, 5.74) is 2.78. The van der Waals surface area contributed by atoms with Crippen molar-refractivity contribution in [3.8, 4) is 0 Å². The molecule has 0 aliphatic carbocycles. The van der Waals surface area contributed by atoms with E-state index in [0.29, 0.717) is 21.3 Å². The van der Waals surface area contributed by atoms with E-state index < -0.39 is 10.8 Å². The monoisotopic (exact) mass is 322 g/mol. The number of nitrogens with zero attached hydrogens (tertiary/aromatic N) is 2. The highest BCUT2D eigenvalue weighted by Crippen LogP contribution is 2.32. The Balaban J connectivity index is 2.03.